The van der Waals surface area contributed by atoms with Crippen molar-refractivity contribution in [1.82, 2.24) is 9.97 Å². The molecule has 0 saturated carbocycles. The number of carbonyl (C=O) groups excluding carboxylic acids is 1. The number of rotatable bonds is 5. The Morgan fingerprint density at radius 3 is 2.69 bits per heavy atom. The van der Waals surface area contributed by atoms with E-state index in [4.69, 9.17) is 4.74 Å². The molecule has 0 amide bonds. The van der Waals surface area contributed by atoms with E-state index in [1.54, 1.807) is 18.3 Å². The number of benzene rings is 1. The minimum atomic E-state index is -0.218. The van der Waals surface area contributed by atoms with Gasteiger partial charge in [-0.3, -0.25) is 9.59 Å². The molecule has 3 aromatic rings. The lowest BCUT2D eigenvalue weighted by Crippen LogP contribution is -2.36. The second-order valence-electron chi connectivity index (χ2n) is 6.88. The Morgan fingerprint density at radius 2 is 1.97 bits per heavy atom. The van der Waals surface area contributed by atoms with Gasteiger partial charge in [-0.25, -0.2) is 4.98 Å². The van der Waals surface area contributed by atoms with Crippen LogP contribution >= 0.6 is 0 Å². The summed E-state index contributed by atoms with van der Waals surface area (Å²) in [5.41, 5.74) is 2.34. The molecule has 4 rings (SSSR count). The van der Waals surface area contributed by atoms with E-state index in [-0.39, 0.29) is 11.3 Å². The standard InChI is InChI=1S/C22H22N4O3/c1-15(27)2-3-18-14-16-8-9-23-22(28)20(16)21(25-18)24-17-4-6-19(7-5-17)26-10-12-29-13-11-26/h2-9,14H,10-13H2,1H3,(H,23,28)(H,24,25). The van der Waals surface area contributed by atoms with Gasteiger partial charge in [-0.1, -0.05) is 0 Å². The lowest BCUT2D eigenvalue weighted by atomic mass is 10.1. The predicted octanol–water partition coefficient (Wildman–Crippen LogP) is 3.11. The van der Waals surface area contributed by atoms with Crippen molar-refractivity contribution in [2.75, 3.05) is 36.5 Å². The third-order valence-electron chi connectivity index (χ3n) is 4.77. The van der Waals surface area contributed by atoms with Crippen molar-refractivity contribution >= 4 is 39.8 Å². The second-order valence-corrected chi connectivity index (χ2v) is 6.88. The van der Waals surface area contributed by atoms with Gasteiger partial charge in [-0.15, -0.1) is 0 Å². The zero-order chi connectivity index (χ0) is 20.2. The van der Waals surface area contributed by atoms with E-state index >= 15 is 0 Å². The van der Waals surface area contributed by atoms with Gasteiger partial charge < -0.3 is 19.9 Å². The van der Waals surface area contributed by atoms with E-state index in [1.807, 2.05) is 30.3 Å². The number of ketones is 1. The molecule has 7 nitrogen and oxygen atoms in total. The van der Waals surface area contributed by atoms with Crippen molar-refractivity contribution in [1.29, 1.82) is 0 Å². The number of pyridine rings is 2. The first-order chi connectivity index (χ1) is 14.1. The molecule has 1 saturated heterocycles. The zero-order valence-corrected chi connectivity index (χ0v) is 16.1. The Bertz CT molecular complexity index is 1110. The van der Waals surface area contributed by atoms with Crippen molar-refractivity contribution in [3.63, 3.8) is 0 Å². The van der Waals surface area contributed by atoms with Crippen LogP contribution in [0.1, 0.15) is 12.6 Å². The number of allylic oxidation sites excluding steroid dienone is 1. The van der Waals surface area contributed by atoms with Crippen LogP contribution in [0.15, 0.2) is 53.5 Å². The minimum Gasteiger partial charge on any atom is -0.378 e. The molecule has 2 aromatic heterocycles. The van der Waals surface area contributed by atoms with Gasteiger partial charge in [0.05, 0.1) is 24.3 Å². The summed E-state index contributed by atoms with van der Waals surface area (Å²) in [5, 5.41) is 4.48. The first-order valence-corrected chi connectivity index (χ1v) is 9.51. The van der Waals surface area contributed by atoms with Gasteiger partial charge in [0.1, 0.15) is 5.82 Å². The highest BCUT2D eigenvalue weighted by molar-refractivity contribution is 5.95. The molecule has 1 aliphatic rings. The van der Waals surface area contributed by atoms with E-state index in [9.17, 15) is 9.59 Å². The van der Waals surface area contributed by atoms with Gasteiger partial charge in [0.25, 0.3) is 5.56 Å². The molecule has 148 valence electrons. The smallest absolute Gasteiger partial charge is 0.259 e. The van der Waals surface area contributed by atoms with Gasteiger partial charge in [-0.2, -0.15) is 0 Å². The second kappa shape index (κ2) is 8.28. The molecule has 0 spiro atoms. The summed E-state index contributed by atoms with van der Waals surface area (Å²) in [6.07, 6.45) is 4.71. The van der Waals surface area contributed by atoms with E-state index in [1.165, 1.54) is 13.0 Å². The lowest BCUT2D eigenvalue weighted by molar-refractivity contribution is -0.112. The molecule has 0 aliphatic carbocycles. The monoisotopic (exact) mass is 390 g/mol. The Hall–Kier alpha value is -3.45. The van der Waals surface area contributed by atoms with Crippen LogP contribution in [0.2, 0.25) is 0 Å². The highest BCUT2D eigenvalue weighted by atomic mass is 16.5. The van der Waals surface area contributed by atoms with Gasteiger partial charge in [-0.05, 0) is 60.9 Å². The molecule has 0 radical (unpaired) electrons. The average Bonchev–Trinajstić information content (AvgIpc) is 2.73. The highest BCUT2D eigenvalue weighted by Gasteiger charge is 2.12. The third kappa shape index (κ3) is 4.35. The molecule has 7 heteroatoms. The average molecular weight is 390 g/mol. The van der Waals surface area contributed by atoms with E-state index in [0.717, 1.165) is 43.1 Å². The van der Waals surface area contributed by atoms with Gasteiger partial charge in [0.2, 0.25) is 0 Å². The number of fused-ring (bicyclic) bond motifs is 1. The summed E-state index contributed by atoms with van der Waals surface area (Å²) in [4.78, 5) is 33.2. The summed E-state index contributed by atoms with van der Waals surface area (Å²) in [7, 11) is 0. The number of ether oxygens (including phenoxy) is 1. The number of carbonyl (C=O) groups is 1. The topological polar surface area (TPSA) is 87.3 Å². The summed E-state index contributed by atoms with van der Waals surface area (Å²) >= 11 is 0. The van der Waals surface area contributed by atoms with Crippen LogP contribution in [-0.4, -0.2) is 42.1 Å². The molecular weight excluding hydrogens is 368 g/mol. The highest BCUT2D eigenvalue weighted by Crippen LogP contribution is 2.25. The summed E-state index contributed by atoms with van der Waals surface area (Å²) in [6, 6.07) is 11.6. The summed E-state index contributed by atoms with van der Waals surface area (Å²) in [6.45, 7) is 4.70. The Morgan fingerprint density at radius 1 is 1.21 bits per heavy atom. The number of nitrogens with zero attached hydrogens (tertiary/aromatic N) is 2. The molecule has 0 unspecified atom stereocenters. The fourth-order valence-corrected chi connectivity index (χ4v) is 3.33. The van der Waals surface area contributed by atoms with Crippen molar-refractivity contribution in [2.45, 2.75) is 6.92 Å². The van der Waals surface area contributed by atoms with Crippen LogP contribution in [0.3, 0.4) is 0 Å². The van der Waals surface area contributed by atoms with Crippen LogP contribution in [0, 0.1) is 0 Å². The number of H-pyrrole nitrogens is 1. The Kier molecular flexibility index (Phi) is 5.39. The van der Waals surface area contributed by atoms with Gasteiger partial charge >= 0.3 is 0 Å². The number of aromatic amines is 1. The molecule has 1 fully saturated rings. The molecule has 1 aromatic carbocycles. The molecular formula is C22H22N4O3. The maximum absolute atomic E-state index is 12.4. The summed E-state index contributed by atoms with van der Waals surface area (Å²) in [5.74, 6) is 0.387. The van der Waals surface area contributed by atoms with Crippen molar-refractivity contribution < 1.29 is 9.53 Å². The van der Waals surface area contributed by atoms with E-state index in [0.29, 0.717) is 16.9 Å². The number of hydrogen-bond donors (Lipinski definition) is 2. The van der Waals surface area contributed by atoms with Crippen molar-refractivity contribution in [2.24, 2.45) is 0 Å². The quantitative estimate of drug-likeness (QED) is 0.651. The van der Waals surface area contributed by atoms with Crippen LogP contribution in [0.4, 0.5) is 17.2 Å². The van der Waals surface area contributed by atoms with Gasteiger partial charge in [0.15, 0.2) is 5.78 Å². The van der Waals surface area contributed by atoms with Crippen LogP contribution < -0.4 is 15.8 Å². The summed E-state index contributed by atoms with van der Waals surface area (Å²) < 4.78 is 5.40. The number of hydrogen-bond acceptors (Lipinski definition) is 6. The van der Waals surface area contributed by atoms with Crippen LogP contribution in [0.25, 0.3) is 16.8 Å². The Balaban J connectivity index is 1.67. The first kappa shape index (κ1) is 18.9. The molecule has 0 bridgehead atoms. The lowest BCUT2D eigenvalue weighted by Gasteiger charge is -2.28. The Labute approximate surface area is 168 Å². The van der Waals surface area contributed by atoms with Crippen LogP contribution in [0.5, 0.6) is 0 Å². The zero-order valence-electron chi connectivity index (χ0n) is 16.1. The molecule has 29 heavy (non-hydrogen) atoms. The van der Waals surface area contributed by atoms with Crippen LogP contribution in [-0.2, 0) is 9.53 Å². The fourth-order valence-electron chi connectivity index (χ4n) is 3.33. The van der Waals surface area contributed by atoms with Crippen molar-refractivity contribution in [3.8, 4) is 0 Å². The fraction of sp³-hybridized carbons (Fsp3) is 0.227. The number of aromatic nitrogens is 2. The maximum Gasteiger partial charge on any atom is 0.259 e. The van der Waals surface area contributed by atoms with E-state index in [2.05, 4.69) is 20.2 Å². The molecule has 3 heterocycles. The number of anilines is 3. The van der Waals surface area contributed by atoms with Crippen molar-refractivity contribution in [3.05, 3.63) is 64.7 Å². The molecule has 1 aliphatic heterocycles. The molecule has 0 atom stereocenters. The number of morpholine rings is 1. The minimum absolute atomic E-state index is 0.0639. The largest absolute Gasteiger partial charge is 0.378 e. The maximum atomic E-state index is 12.4. The normalized spacial score (nSPS) is 14.4. The third-order valence-corrected chi connectivity index (χ3v) is 4.77. The van der Waals surface area contributed by atoms with E-state index < -0.39 is 0 Å². The SMILES string of the molecule is CC(=O)C=Cc1cc2cc[nH]c(=O)c2c(Nc2ccc(N3CCOCC3)cc2)n1. The predicted molar refractivity (Wildman–Crippen MR) is 115 cm³/mol. The van der Waals surface area contributed by atoms with Gasteiger partial charge in [0, 0.05) is 30.7 Å². The molecule has 2 N–H and O–H groups in total. The number of nitrogens with one attached hydrogen (secondary N) is 2. The first-order valence-electron chi connectivity index (χ1n) is 9.51.